The molecule has 25 heavy (non-hydrogen) atoms. The van der Waals surface area contributed by atoms with Gasteiger partial charge in [0, 0.05) is 12.6 Å². The van der Waals surface area contributed by atoms with Gasteiger partial charge in [0.2, 0.25) is 10.0 Å². The number of ether oxygens (including phenoxy) is 2. The summed E-state index contributed by atoms with van der Waals surface area (Å²) in [4.78, 5) is 0.0642. The summed E-state index contributed by atoms with van der Waals surface area (Å²) in [6.07, 6.45) is 3.14. The maximum absolute atomic E-state index is 12.6. The molecule has 134 valence electrons. The zero-order chi connectivity index (χ0) is 17.5. The van der Waals surface area contributed by atoms with Crippen molar-refractivity contribution in [1.29, 1.82) is 0 Å². The Morgan fingerprint density at radius 2 is 1.92 bits per heavy atom. The van der Waals surface area contributed by atoms with E-state index in [-0.39, 0.29) is 17.4 Å². The minimum Gasteiger partial charge on any atom is -0.486 e. The lowest BCUT2D eigenvalue weighted by Gasteiger charge is -2.26. The second kappa shape index (κ2) is 6.05. The number of benzene rings is 1. The van der Waals surface area contributed by atoms with Crippen molar-refractivity contribution in [1.82, 2.24) is 4.72 Å². The van der Waals surface area contributed by atoms with Gasteiger partial charge >= 0.3 is 0 Å². The lowest BCUT2D eigenvalue weighted by Crippen LogP contribution is -2.42. The second-order valence-electron chi connectivity index (χ2n) is 6.31. The third kappa shape index (κ3) is 3.12. The zero-order valence-corrected chi connectivity index (χ0v) is 14.3. The minimum absolute atomic E-state index is 0.0124. The first-order valence-electron chi connectivity index (χ1n) is 8.15. The van der Waals surface area contributed by atoms with Gasteiger partial charge in [-0.05, 0) is 43.0 Å². The van der Waals surface area contributed by atoms with Crippen LogP contribution < -0.4 is 14.2 Å². The normalized spacial score (nSPS) is 19.4. The fourth-order valence-electron chi connectivity index (χ4n) is 3.00. The quantitative estimate of drug-likeness (QED) is 0.807. The minimum atomic E-state index is -3.81. The van der Waals surface area contributed by atoms with Gasteiger partial charge in [0.05, 0.1) is 11.2 Å². The molecule has 1 aliphatic carbocycles. The van der Waals surface area contributed by atoms with Crippen molar-refractivity contribution >= 4 is 10.0 Å². The molecule has 1 aliphatic heterocycles. The Hall–Kier alpha value is -2.03. The Morgan fingerprint density at radius 1 is 1.16 bits per heavy atom. The number of hydrogen-bond acceptors (Lipinski definition) is 6. The number of aliphatic hydroxyl groups is 1. The molecule has 1 aromatic carbocycles. The van der Waals surface area contributed by atoms with Crippen molar-refractivity contribution in [2.75, 3.05) is 19.8 Å². The van der Waals surface area contributed by atoms with Gasteiger partial charge < -0.3 is 19.0 Å². The summed E-state index contributed by atoms with van der Waals surface area (Å²) in [7, 11) is -3.81. The second-order valence-corrected chi connectivity index (χ2v) is 8.07. The highest BCUT2D eigenvalue weighted by Crippen LogP contribution is 2.45. The van der Waals surface area contributed by atoms with Gasteiger partial charge in [-0.15, -0.1) is 0 Å². The first-order valence-corrected chi connectivity index (χ1v) is 9.63. The van der Waals surface area contributed by atoms with E-state index in [0.717, 1.165) is 12.8 Å². The average molecular weight is 365 g/mol. The van der Waals surface area contributed by atoms with Crippen LogP contribution in [0, 0.1) is 5.92 Å². The summed E-state index contributed by atoms with van der Waals surface area (Å²) in [5.41, 5.74) is -1.34. The van der Waals surface area contributed by atoms with Crippen LogP contribution in [0.1, 0.15) is 18.6 Å². The monoisotopic (exact) mass is 365 g/mol. The van der Waals surface area contributed by atoms with Crippen molar-refractivity contribution in [3.8, 4) is 11.5 Å². The first kappa shape index (κ1) is 16.4. The SMILES string of the molecule is O=S(=O)(NC[C@](O)(c1ccco1)C1CC1)c1ccc2c(c1)OCCO2. The van der Waals surface area contributed by atoms with E-state index >= 15 is 0 Å². The van der Waals surface area contributed by atoms with Gasteiger partial charge in [0.15, 0.2) is 11.5 Å². The summed E-state index contributed by atoms with van der Waals surface area (Å²) < 4.78 is 43.9. The molecular formula is C17H19NO6S. The Balaban J connectivity index is 1.55. The Kier molecular flexibility index (Phi) is 3.98. The molecule has 0 radical (unpaired) electrons. The van der Waals surface area contributed by atoms with Crippen molar-refractivity contribution < 1.29 is 27.4 Å². The van der Waals surface area contributed by atoms with Gasteiger partial charge in [-0.1, -0.05) is 0 Å². The Labute approximate surface area is 145 Å². The summed E-state index contributed by atoms with van der Waals surface area (Å²) in [5.74, 6) is 1.29. The Morgan fingerprint density at radius 3 is 2.60 bits per heavy atom. The number of fused-ring (bicyclic) bond motifs is 1. The summed E-state index contributed by atoms with van der Waals surface area (Å²) >= 11 is 0. The van der Waals surface area contributed by atoms with Crippen molar-refractivity contribution in [2.24, 2.45) is 5.92 Å². The van der Waals surface area contributed by atoms with Gasteiger partial charge in [0.25, 0.3) is 0 Å². The highest BCUT2D eigenvalue weighted by Gasteiger charge is 2.47. The molecule has 8 heteroatoms. The number of nitrogens with one attached hydrogen (secondary N) is 1. The molecule has 2 aromatic rings. The van der Waals surface area contributed by atoms with Crippen LogP contribution in [0.3, 0.4) is 0 Å². The summed E-state index contributed by atoms with van der Waals surface area (Å²) in [5, 5.41) is 10.9. The molecule has 0 saturated heterocycles. The molecule has 0 bridgehead atoms. The number of rotatable bonds is 6. The van der Waals surface area contributed by atoms with Crippen LogP contribution in [0.5, 0.6) is 11.5 Å². The van der Waals surface area contributed by atoms with Crippen molar-refractivity contribution in [2.45, 2.75) is 23.3 Å². The Bertz CT molecular complexity index is 859. The molecule has 0 amide bonds. The lowest BCUT2D eigenvalue weighted by molar-refractivity contribution is -0.00224. The van der Waals surface area contributed by atoms with E-state index in [2.05, 4.69) is 4.72 Å². The molecule has 1 fully saturated rings. The van der Waals surface area contributed by atoms with Gasteiger partial charge in [-0.2, -0.15) is 0 Å². The zero-order valence-electron chi connectivity index (χ0n) is 13.5. The van der Waals surface area contributed by atoms with Gasteiger partial charge in [-0.25, -0.2) is 13.1 Å². The van der Waals surface area contributed by atoms with E-state index in [0.29, 0.717) is 30.5 Å². The van der Waals surface area contributed by atoms with E-state index in [4.69, 9.17) is 13.9 Å². The molecule has 1 aromatic heterocycles. The molecule has 2 aliphatic rings. The smallest absolute Gasteiger partial charge is 0.240 e. The van der Waals surface area contributed by atoms with E-state index in [1.165, 1.54) is 18.4 Å². The maximum atomic E-state index is 12.6. The van der Waals surface area contributed by atoms with Gasteiger partial charge in [-0.3, -0.25) is 0 Å². The molecular weight excluding hydrogens is 346 g/mol. The molecule has 7 nitrogen and oxygen atoms in total. The molecule has 2 N–H and O–H groups in total. The third-order valence-electron chi connectivity index (χ3n) is 4.56. The summed E-state index contributed by atoms with van der Waals surface area (Å²) in [6.45, 7) is 0.667. The van der Waals surface area contributed by atoms with Crippen molar-refractivity contribution in [3.63, 3.8) is 0 Å². The predicted molar refractivity (Wildman–Crippen MR) is 87.9 cm³/mol. The number of furan rings is 1. The van der Waals surface area contributed by atoms with Crippen LogP contribution in [-0.4, -0.2) is 33.3 Å². The van der Waals surface area contributed by atoms with Crippen LogP contribution in [-0.2, 0) is 15.6 Å². The van der Waals surface area contributed by atoms with E-state index < -0.39 is 15.6 Å². The lowest BCUT2D eigenvalue weighted by atomic mass is 9.95. The molecule has 0 unspecified atom stereocenters. The molecule has 1 atom stereocenters. The van der Waals surface area contributed by atoms with Crippen molar-refractivity contribution in [3.05, 3.63) is 42.4 Å². The van der Waals surface area contributed by atoms with Gasteiger partial charge in [0.1, 0.15) is 24.6 Å². The fourth-order valence-corrected chi connectivity index (χ4v) is 4.08. The molecule has 4 rings (SSSR count). The van der Waals surface area contributed by atoms with Crippen LogP contribution in [0.2, 0.25) is 0 Å². The fraction of sp³-hybridized carbons (Fsp3) is 0.412. The summed E-state index contributed by atoms with van der Waals surface area (Å²) in [6, 6.07) is 7.80. The van der Waals surface area contributed by atoms with Crippen LogP contribution in [0.4, 0.5) is 0 Å². The standard InChI is InChI=1S/C17H19NO6S/c19-17(12-3-4-12,16-2-1-7-24-16)11-18-25(20,21)13-5-6-14-15(10-13)23-9-8-22-14/h1-2,5-7,10,12,18-19H,3-4,8-9,11H2/t17-/m1/s1. The van der Waals surface area contributed by atoms with Crippen LogP contribution >= 0.6 is 0 Å². The maximum Gasteiger partial charge on any atom is 0.240 e. The van der Waals surface area contributed by atoms with E-state index in [1.54, 1.807) is 18.2 Å². The molecule has 2 heterocycles. The highest BCUT2D eigenvalue weighted by molar-refractivity contribution is 7.89. The number of sulfonamides is 1. The van der Waals surface area contributed by atoms with Crippen LogP contribution in [0.25, 0.3) is 0 Å². The number of hydrogen-bond donors (Lipinski definition) is 2. The van der Waals surface area contributed by atoms with E-state index in [1.807, 2.05) is 0 Å². The topological polar surface area (TPSA) is 98.0 Å². The molecule has 1 saturated carbocycles. The average Bonchev–Trinajstić information content (AvgIpc) is 3.34. The van der Waals surface area contributed by atoms with E-state index in [9.17, 15) is 13.5 Å². The largest absolute Gasteiger partial charge is 0.486 e. The predicted octanol–water partition coefficient (Wildman–Crippen LogP) is 1.63. The third-order valence-corrected chi connectivity index (χ3v) is 5.96. The first-order chi connectivity index (χ1) is 12.0. The molecule has 0 spiro atoms. The highest BCUT2D eigenvalue weighted by atomic mass is 32.2. The van der Waals surface area contributed by atoms with Crippen LogP contribution in [0.15, 0.2) is 45.9 Å².